The molecule has 1 atom stereocenters. The van der Waals surface area contributed by atoms with Gasteiger partial charge in [-0.25, -0.2) is 4.79 Å². The Morgan fingerprint density at radius 3 is 2.19 bits per heavy atom. The number of nitrogens with zero attached hydrogens (tertiary/aromatic N) is 2. The number of amides is 2. The van der Waals surface area contributed by atoms with Crippen LogP contribution in [0.4, 0.5) is 23.7 Å². The van der Waals surface area contributed by atoms with Crippen LogP contribution in [0.1, 0.15) is 17.0 Å². The molecule has 1 aliphatic heterocycles. The van der Waals surface area contributed by atoms with Gasteiger partial charge in [-0.1, -0.05) is 46.9 Å². The second-order valence-corrected chi connectivity index (χ2v) is 6.90. The van der Waals surface area contributed by atoms with Crippen LogP contribution < -0.4 is 10.3 Å². The summed E-state index contributed by atoms with van der Waals surface area (Å²) in [4.78, 5) is 11.9. The third-order valence-electron chi connectivity index (χ3n) is 3.86. The predicted molar refractivity (Wildman–Crippen MR) is 100 cm³/mol. The van der Waals surface area contributed by atoms with Gasteiger partial charge in [0.05, 0.1) is 12.2 Å². The Balaban J connectivity index is 2.11. The molecule has 0 radical (unpaired) electrons. The molecule has 2 aromatic carbocycles. The van der Waals surface area contributed by atoms with Crippen molar-refractivity contribution in [3.05, 3.63) is 62.6 Å². The summed E-state index contributed by atoms with van der Waals surface area (Å²) in [5.74, 6) is -2.05. The SMILES string of the molecule is O=C1NCC=NN1c1cc(Cl)c(C(c2ccc(Cl)cc2)C(F)(F)F)c(Cl)c1. The van der Waals surface area contributed by atoms with Crippen molar-refractivity contribution >= 4 is 52.7 Å². The number of carbonyl (C=O) groups excluding carboxylic acids is 1. The van der Waals surface area contributed by atoms with E-state index in [1.165, 1.54) is 42.6 Å². The molecule has 10 heteroatoms. The van der Waals surface area contributed by atoms with E-state index in [-0.39, 0.29) is 33.4 Å². The molecule has 0 saturated heterocycles. The van der Waals surface area contributed by atoms with Gasteiger partial charge in [-0.3, -0.25) is 0 Å². The van der Waals surface area contributed by atoms with Crippen molar-refractivity contribution in [3.63, 3.8) is 0 Å². The number of hydrogen-bond acceptors (Lipinski definition) is 2. The van der Waals surface area contributed by atoms with E-state index in [4.69, 9.17) is 34.8 Å². The zero-order valence-electron chi connectivity index (χ0n) is 13.4. The first-order valence-corrected chi connectivity index (χ1v) is 8.73. The Hall–Kier alpha value is -1.96. The summed E-state index contributed by atoms with van der Waals surface area (Å²) in [6.45, 7) is 0.252. The lowest BCUT2D eigenvalue weighted by Gasteiger charge is -2.26. The van der Waals surface area contributed by atoms with E-state index < -0.39 is 18.1 Å². The minimum atomic E-state index is -4.65. The van der Waals surface area contributed by atoms with Crippen LogP contribution in [0.5, 0.6) is 0 Å². The molecule has 1 N–H and O–H groups in total. The minimum Gasteiger partial charge on any atom is -0.331 e. The smallest absolute Gasteiger partial charge is 0.331 e. The maximum atomic E-state index is 13.8. The Bertz CT molecular complexity index is 878. The van der Waals surface area contributed by atoms with Crippen LogP contribution in [0.25, 0.3) is 0 Å². The molecule has 2 aromatic rings. The zero-order valence-corrected chi connectivity index (χ0v) is 15.7. The molecule has 1 heterocycles. The molecule has 4 nitrogen and oxygen atoms in total. The fourth-order valence-corrected chi connectivity index (χ4v) is 3.53. The van der Waals surface area contributed by atoms with Crippen LogP contribution in [0.15, 0.2) is 41.5 Å². The molecule has 0 bridgehead atoms. The van der Waals surface area contributed by atoms with Gasteiger partial charge >= 0.3 is 12.2 Å². The summed E-state index contributed by atoms with van der Waals surface area (Å²) in [5.41, 5.74) is -0.213. The Morgan fingerprint density at radius 2 is 1.67 bits per heavy atom. The molecule has 2 amide bonds. The summed E-state index contributed by atoms with van der Waals surface area (Å²) in [6.07, 6.45) is -3.22. The number of benzene rings is 2. The number of carbonyl (C=O) groups is 1. The largest absolute Gasteiger partial charge is 0.399 e. The van der Waals surface area contributed by atoms with Crippen molar-refractivity contribution in [2.75, 3.05) is 11.6 Å². The molecule has 0 saturated carbocycles. The second-order valence-electron chi connectivity index (χ2n) is 5.65. The highest BCUT2D eigenvalue weighted by Crippen LogP contribution is 2.47. The number of halogens is 6. The molecule has 142 valence electrons. The van der Waals surface area contributed by atoms with Gasteiger partial charge < -0.3 is 5.32 Å². The van der Waals surface area contributed by atoms with Gasteiger partial charge in [0.15, 0.2) is 0 Å². The maximum absolute atomic E-state index is 13.8. The summed E-state index contributed by atoms with van der Waals surface area (Å²) in [7, 11) is 0. The van der Waals surface area contributed by atoms with Crippen molar-refractivity contribution in [3.8, 4) is 0 Å². The van der Waals surface area contributed by atoms with E-state index in [0.717, 1.165) is 5.01 Å². The third-order valence-corrected chi connectivity index (χ3v) is 4.74. The number of alkyl halides is 3. The predicted octanol–water partition coefficient (Wildman–Crippen LogP) is 5.86. The lowest BCUT2D eigenvalue weighted by atomic mass is 9.90. The van der Waals surface area contributed by atoms with Crippen molar-refractivity contribution in [2.45, 2.75) is 12.1 Å². The van der Waals surface area contributed by atoms with Gasteiger partial charge in [0, 0.05) is 26.8 Å². The standard InChI is InChI=1S/C17H11Cl3F3N3O/c18-10-3-1-9(2-4-10)15(17(21,22)23)14-12(19)7-11(8-13(14)20)26-16(27)24-5-6-25-26/h1-4,6-8,15H,5H2,(H,24,27). The van der Waals surface area contributed by atoms with Gasteiger partial charge in [-0.15, -0.1) is 0 Å². The van der Waals surface area contributed by atoms with Gasteiger partial charge in [0.25, 0.3) is 0 Å². The first kappa shape index (κ1) is 19.8. The zero-order chi connectivity index (χ0) is 19.8. The number of hydrazone groups is 1. The van der Waals surface area contributed by atoms with Crippen LogP contribution in [-0.2, 0) is 0 Å². The number of anilines is 1. The Kier molecular flexibility index (Phi) is 5.55. The fraction of sp³-hybridized carbons (Fsp3) is 0.176. The Labute approximate surface area is 167 Å². The Morgan fingerprint density at radius 1 is 1.07 bits per heavy atom. The number of hydrogen-bond donors (Lipinski definition) is 1. The highest BCUT2D eigenvalue weighted by Gasteiger charge is 2.44. The molecule has 0 aliphatic carbocycles. The van der Waals surface area contributed by atoms with Crippen molar-refractivity contribution in [1.82, 2.24) is 5.32 Å². The lowest BCUT2D eigenvalue weighted by molar-refractivity contribution is -0.141. The van der Waals surface area contributed by atoms with Crippen LogP contribution in [0, 0.1) is 0 Å². The second kappa shape index (κ2) is 7.58. The van der Waals surface area contributed by atoms with Gasteiger partial charge in [0.1, 0.15) is 5.92 Å². The minimum absolute atomic E-state index is 0.0582. The highest BCUT2D eigenvalue weighted by molar-refractivity contribution is 6.36. The fourth-order valence-electron chi connectivity index (χ4n) is 2.71. The van der Waals surface area contributed by atoms with Gasteiger partial charge in [0.2, 0.25) is 0 Å². The average Bonchev–Trinajstić information content (AvgIpc) is 2.58. The van der Waals surface area contributed by atoms with E-state index >= 15 is 0 Å². The molecule has 1 unspecified atom stereocenters. The van der Waals surface area contributed by atoms with Crippen LogP contribution in [-0.4, -0.2) is 25.0 Å². The molecule has 27 heavy (non-hydrogen) atoms. The van der Waals surface area contributed by atoms with Gasteiger partial charge in [-0.2, -0.15) is 23.3 Å². The highest BCUT2D eigenvalue weighted by atomic mass is 35.5. The normalized spacial score (nSPS) is 15.6. The van der Waals surface area contributed by atoms with Crippen LogP contribution >= 0.6 is 34.8 Å². The van der Waals surface area contributed by atoms with E-state index in [2.05, 4.69) is 10.4 Å². The van der Waals surface area contributed by atoms with E-state index in [1.54, 1.807) is 0 Å². The number of nitrogens with one attached hydrogen (secondary N) is 1. The van der Waals surface area contributed by atoms with E-state index in [0.29, 0.717) is 5.02 Å². The van der Waals surface area contributed by atoms with Crippen LogP contribution in [0.2, 0.25) is 15.1 Å². The summed E-state index contributed by atoms with van der Waals surface area (Å²) >= 11 is 18.1. The quantitative estimate of drug-likeness (QED) is 0.644. The van der Waals surface area contributed by atoms with Gasteiger partial charge in [-0.05, 0) is 29.8 Å². The number of rotatable bonds is 3. The third kappa shape index (κ3) is 4.15. The monoisotopic (exact) mass is 435 g/mol. The molecule has 1 aliphatic rings. The summed E-state index contributed by atoms with van der Waals surface area (Å²) < 4.78 is 41.5. The molecule has 0 aromatic heterocycles. The summed E-state index contributed by atoms with van der Waals surface area (Å²) in [6, 6.07) is 7.16. The first-order chi connectivity index (χ1) is 12.7. The topological polar surface area (TPSA) is 44.7 Å². The van der Waals surface area contributed by atoms with Crippen molar-refractivity contribution in [2.24, 2.45) is 5.10 Å². The molecular weight excluding hydrogens is 426 g/mol. The van der Waals surface area contributed by atoms with E-state index in [9.17, 15) is 18.0 Å². The van der Waals surface area contributed by atoms with Crippen LogP contribution in [0.3, 0.4) is 0 Å². The summed E-state index contributed by atoms with van der Waals surface area (Å²) in [5, 5.41) is 7.23. The van der Waals surface area contributed by atoms with E-state index in [1.807, 2.05) is 0 Å². The lowest BCUT2D eigenvalue weighted by Crippen LogP contribution is -2.41. The first-order valence-electron chi connectivity index (χ1n) is 7.60. The molecular formula is C17H11Cl3F3N3O. The molecule has 3 rings (SSSR count). The molecule has 0 spiro atoms. The van der Waals surface area contributed by atoms with Crippen molar-refractivity contribution < 1.29 is 18.0 Å². The maximum Gasteiger partial charge on any atom is 0.399 e. The average molecular weight is 437 g/mol. The van der Waals surface area contributed by atoms with Crippen molar-refractivity contribution in [1.29, 1.82) is 0 Å². The molecule has 0 fully saturated rings. The number of urea groups is 1.